The second kappa shape index (κ2) is 8.62. The van der Waals surface area contributed by atoms with E-state index in [1.54, 1.807) is 48.7 Å². The number of nitro groups is 1. The van der Waals surface area contributed by atoms with Gasteiger partial charge in [0.25, 0.3) is 17.5 Å². The van der Waals surface area contributed by atoms with Crippen LogP contribution in [0.2, 0.25) is 5.02 Å². The van der Waals surface area contributed by atoms with Crippen LogP contribution in [0.1, 0.15) is 42.5 Å². The smallest absolute Gasteiger partial charge is 0.270 e. The molecule has 10 heteroatoms. The molecule has 0 N–H and O–H groups in total. The van der Waals surface area contributed by atoms with Crippen LogP contribution in [0.5, 0.6) is 0 Å². The standard InChI is InChI=1S/C25H15ClN4O5/c26-20-8-4-3-7-18(20)23(31)19-13-15(30(34)35)9-10-21(19)28-12-11-27-22(28)14-29-24(32)16-5-1-2-6-17(16)25(29)33/h1-13H,14H2. The van der Waals surface area contributed by atoms with Gasteiger partial charge < -0.3 is 4.57 Å². The maximum absolute atomic E-state index is 13.4. The first kappa shape index (κ1) is 22.2. The van der Waals surface area contributed by atoms with E-state index < -0.39 is 22.5 Å². The second-order valence-electron chi connectivity index (χ2n) is 7.72. The van der Waals surface area contributed by atoms with Crippen molar-refractivity contribution in [3.8, 4) is 5.69 Å². The van der Waals surface area contributed by atoms with E-state index in [1.165, 1.54) is 35.0 Å². The number of halogens is 1. The molecule has 0 saturated heterocycles. The number of hydrogen-bond acceptors (Lipinski definition) is 6. The molecule has 0 saturated carbocycles. The molecule has 5 rings (SSSR count). The van der Waals surface area contributed by atoms with Crippen molar-refractivity contribution in [1.29, 1.82) is 0 Å². The third-order valence-electron chi connectivity index (χ3n) is 5.71. The summed E-state index contributed by atoms with van der Waals surface area (Å²) in [5.41, 5.74) is 0.837. The predicted molar refractivity (Wildman–Crippen MR) is 126 cm³/mol. The van der Waals surface area contributed by atoms with Crippen molar-refractivity contribution in [1.82, 2.24) is 14.5 Å². The summed E-state index contributed by atoms with van der Waals surface area (Å²) in [5, 5.41) is 11.6. The summed E-state index contributed by atoms with van der Waals surface area (Å²) in [5.74, 6) is -1.12. The van der Waals surface area contributed by atoms with Gasteiger partial charge in [0, 0.05) is 30.1 Å². The van der Waals surface area contributed by atoms with Crippen molar-refractivity contribution in [2.75, 3.05) is 0 Å². The van der Waals surface area contributed by atoms with Crippen molar-refractivity contribution >= 4 is 34.9 Å². The lowest BCUT2D eigenvalue weighted by Crippen LogP contribution is -2.30. The first-order valence-corrected chi connectivity index (χ1v) is 10.8. The zero-order chi connectivity index (χ0) is 24.7. The van der Waals surface area contributed by atoms with Crippen LogP contribution >= 0.6 is 11.6 Å². The molecule has 3 aromatic carbocycles. The van der Waals surface area contributed by atoms with E-state index >= 15 is 0 Å². The Morgan fingerprint density at radius 3 is 2.26 bits per heavy atom. The highest BCUT2D eigenvalue weighted by Crippen LogP contribution is 2.29. The molecule has 2 amide bonds. The van der Waals surface area contributed by atoms with Gasteiger partial charge in [-0.1, -0.05) is 35.9 Å². The molecule has 1 aromatic heterocycles. The molecule has 172 valence electrons. The molecule has 0 aliphatic carbocycles. The summed E-state index contributed by atoms with van der Waals surface area (Å²) in [6.07, 6.45) is 3.01. The quantitative estimate of drug-likeness (QED) is 0.172. The molecule has 0 radical (unpaired) electrons. The van der Waals surface area contributed by atoms with E-state index in [1.807, 2.05) is 0 Å². The van der Waals surface area contributed by atoms with Crippen molar-refractivity contribution in [2.45, 2.75) is 6.54 Å². The normalized spacial score (nSPS) is 12.7. The minimum absolute atomic E-state index is 0.0221. The number of ketones is 1. The number of nitrogens with zero attached hydrogens (tertiary/aromatic N) is 4. The monoisotopic (exact) mass is 486 g/mol. The van der Waals surface area contributed by atoms with E-state index in [4.69, 9.17) is 11.6 Å². The summed E-state index contributed by atoms with van der Waals surface area (Å²) in [6, 6.07) is 16.8. The highest BCUT2D eigenvalue weighted by molar-refractivity contribution is 6.35. The topological polar surface area (TPSA) is 115 Å². The van der Waals surface area contributed by atoms with Gasteiger partial charge in [-0.3, -0.25) is 29.4 Å². The maximum Gasteiger partial charge on any atom is 0.270 e. The molecular formula is C25H15ClN4O5. The van der Waals surface area contributed by atoms with E-state index in [-0.39, 0.29) is 28.4 Å². The van der Waals surface area contributed by atoms with Crippen LogP contribution < -0.4 is 0 Å². The van der Waals surface area contributed by atoms with Crippen LogP contribution in [0.15, 0.2) is 79.1 Å². The molecule has 0 atom stereocenters. The van der Waals surface area contributed by atoms with Crippen LogP contribution in [-0.4, -0.2) is 37.0 Å². The maximum atomic E-state index is 13.4. The minimum Gasteiger partial charge on any atom is -0.301 e. The number of aromatic nitrogens is 2. The third-order valence-corrected chi connectivity index (χ3v) is 6.04. The molecule has 9 nitrogen and oxygen atoms in total. The summed E-state index contributed by atoms with van der Waals surface area (Å²) in [4.78, 5) is 55.2. The van der Waals surface area contributed by atoms with Crippen LogP contribution in [-0.2, 0) is 6.54 Å². The third kappa shape index (κ3) is 3.77. The SMILES string of the molecule is O=C(c1ccccc1Cl)c1cc([N+](=O)[O-])ccc1-n1ccnc1CN1C(=O)c2ccccc2C1=O. The Morgan fingerprint density at radius 2 is 1.60 bits per heavy atom. The Labute approximate surface area is 203 Å². The number of imide groups is 1. The molecule has 0 spiro atoms. The first-order valence-electron chi connectivity index (χ1n) is 10.4. The summed E-state index contributed by atoms with van der Waals surface area (Å²) in [7, 11) is 0. The van der Waals surface area contributed by atoms with Crippen molar-refractivity contribution in [3.05, 3.63) is 122 Å². The zero-order valence-corrected chi connectivity index (χ0v) is 18.7. The fraction of sp³-hybridized carbons (Fsp3) is 0.0400. The number of amides is 2. The summed E-state index contributed by atoms with van der Waals surface area (Å²) < 4.78 is 1.53. The average molecular weight is 487 g/mol. The van der Waals surface area contributed by atoms with Gasteiger partial charge in [0.15, 0.2) is 5.78 Å². The molecule has 4 aromatic rings. The molecule has 0 fully saturated rings. The number of non-ortho nitro benzene ring substituents is 1. The zero-order valence-electron chi connectivity index (χ0n) is 17.9. The highest BCUT2D eigenvalue weighted by atomic mass is 35.5. The van der Waals surface area contributed by atoms with Crippen LogP contribution in [0.25, 0.3) is 5.69 Å². The minimum atomic E-state index is -0.596. The highest BCUT2D eigenvalue weighted by Gasteiger charge is 2.36. The lowest BCUT2D eigenvalue weighted by Gasteiger charge is -2.17. The van der Waals surface area contributed by atoms with Gasteiger partial charge in [-0.15, -0.1) is 0 Å². The summed E-state index contributed by atoms with van der Waals surface area (Å²) >= 11 is 6.21. The lowest BCUT2D eigenvalue weighted by molar-refractivity contribution is -0.384. The Kier molecular flexibility index (Phi) is 5.46. The number of nitro benzene ring substituents is 1. The molecule has 0 bridgehead atoms. The molecule has 2 heterocycles. The van der Waals surface area contributed by atoms with Gasteiger partial charge in [0.2, 0.25) is 0 Å². The van der Waals surface area contributed by atoms with Gasteiger partial charge >= 0.3 is 0 Å². The Bertz CT molecular complexity index is 1510. The van der Waals surface area contributed by atoms with E-state index in [9.17, 15) is 24.5 Å². The average Bonchev–Trinajstić information content (AvgIpc) is 3.42. The van der Waals surface area contributed by atoms with E-state index in [0.717, 1.165) is 4.90 Å². The number of carbonyl (C=O) groups excluding carboxylic acids is 3. The largest absolute Gasteiger partial charge is 0.301 e. The van der Waals surface area contributed by atoms with Crippen molar-refractivity contribution < 1.29 is 19.3 Å². The van der Waals surface area contributed by atoms with Gasteiger partial charge in [-0.05, 0) is 30.3 Å². The number of imidazole rings is 1. The van der Waals surface area contributed by atoms with Crippen LogP contribution in [0.4, 0.5) is 5.69 Å². The van der Waals surface area contributed by atoms with Gasteiger partial charge in [-0.2, -0.15) is 0 Å². The predicted octanol–water partition coefficient (Wildman–Crippen LogP) is 4.46. The fourth-order valence-electron chi connectivity index (χ4n) is 4.01. The molecule has 1 aliphatic heterocycles. The Balaban J connectivity index is 1.57. The number of carbonyl (C=O) groups is 3. The lowest BCUT2D eigenvalue weighted by atomic mass is 10.0. The van der Waals surface area contributed by atoms with E-state index in [2.05, 4.69) is 4.98 Å². The van der Waals surface area contributed by atoms with Gasteiger partial charge in [0.05, 0.1) is 38.9 Å². The number of hydrogen-bond donors (Lipinski definition) is 0. The van der Waals surface area contributed by atoms with Crippen molar-refractivity contribution in [2.24, 2.45) is 0 Å². The Morgan fingerprint density at radius 1 is 0.943 bits per heavy atom. The van der Waals surface area contributed by atoms with Crippen molar-refractivity contribution in [3.63, 3.8) is 0 Å². The number of rotatable bonds is 6. The number of fused-ring (bicyclic) bond motifs is 1. The molecule has 0 unspecified atom stereocenters. The molecule has 35 heavy (non-hydrogen) atoms. The number of benzene rings is 3. The summed E-state index contributed by atoms with van der Waals surface area (Å²) in [6.45, 7) is -0.157. The molecular weight excluding hydrogens is 472 g/mol. The molecule has 1 aliphatic rings. The fourth-order valence-corrected chi connectivity index (χ4v) is 4.24. The van der Waals surface area contributed by atoms with Crippen LogP contribution in [0, 0.1) is 10.1 Å². The van der Waals surface area contributed by atoms with Crippen LogP contribution in [0.3, 0.4) is 0 Å². The van der Waals surface area contributed by atoms with E-state index in [0.29, 0.717) is 22.6 Å². The van der Waals surface area contributed by atoms with Gasteiger partial charge in [0.1, 0.15) is 5.82 Å². The van der Waals surface area contributed by atoms with Gasteiger partial charge in [-0.25, -0.2) is 4.98 Å². The second-order valence-corrected chi connectivity index (χ2v) is 8.13. The first-order chi connectivity index (χ1) is 16.9. The Hall–Kier alpha value is -4.63.